The lowest BCUT2D eigenvalue weighted by atomic mass is 9.78. The lowest BCUT2D eigenvalue weighted by molar-refractivity contribution is -0.143. The number of rotatable bonds is 8. The maximum Gasteiger partial charge on any atom is 0.317 e. The van der Waals surface area contributed by atoms with E-state index in [1.165, 1.54) is 6.07 Å². The van der Waals surface area contributed by atoms with Crippen LogP contribution in [0.2, 0.25) is 0 Å². The van der Waals surface area contributed by atoms with Gasteiger partial charge in [0.15, 0.2) is 5.11 Å². The largest absolute Gasteiger partial charge is 0.466 e. The molecule has 1 spiro atoms. The quantitative estimate of drug-likeness (QED) is 0.332. The number of hydrogen-bond acceptors (Lipinski definition) is 4. The van der Waals surface area contributed by atoms with Crippen LogP contribution in [0.5, 0.6) is 0 Å². The molecular formula is C24H35FN4O3S. The van der Waals surface area contributed by atoms with Crippen LogP contribution in [0, 0.1) is 11.2 Å². The Morgan fingerprint density at radius 1 is 1.09 bits per heavy atom. The molecule has 2 heterocycles. The van der Waals surface area contributed by atoms with Crippen LogP contribution in [0.25, 0.3) is 0 Å². The smallest absolute Gasteiger partial charge is 0.317 e. The van der Waals surface area contributed by atoms with E-state index in [0.29, 0.717) is 30.4 Å². The summed E-state index contributed by atoms with van der Waals surface area (Å²) in [6, 6.07) is 6.53. The zero-order chi connectivity index (χ0) is 23.7. The Kier molecular flexibility index (Phi) is 9.29. The molecule has 2 N–H and O–H groups in total. The third-order valence-electron chi connectivity index (χ3n) is 6.59. The maximum atomic E-state index is 13.9. The van der Waals surface area contributed by atoms with Crippen molar-refractivity contribution in [2.24, 2.45) is 5.41 Å². The van der Waals surface area contributed by atoms with Crippen molar-refractivity contribution in [2.45, 2.75) is 51.9 Å². The summed E-state index contributed by atoms with van der Waals surface area (Å²) < 4.78 is 18.8. The highest BCUT2D eigenvalue weighted by molar-refractivity contribution is 7.80. The molecule has 182 valence electrons. The minimum absolute atomic E-state index is 0.00330. The number of para-hydroxylation sites is 1. The number of amides is 2. The van der Waals surface area contributed by atoms with Gasteiger partial charge in [-0.25, -0.2) is 9.18 Å². The Labute approximate surface area is 201 Å². The number of carbonyl (C=O) groups is 2. The first-order valence-electron chi connectivity index (χ1n) is 11.9. The van der Waals surface area contributed by atoms with Crippen LogP contribution in [0.1, 0.15) is 51.9 Å². The van der Waals surface area contributed by atoms with E-state index in [1.807, 2.05) is 4.90 Å². The molecule has 0 unspecified atom stereocenters. The molecule has 0 radical (unpaired) electrons. The molecular weight excluding hydrogens is 443 g/mol. The second-order valence-electron chi connectivity index (χ2n) is 8.92. The van der Waals surface area contributed by atoms with E-state index in [1.54, 1.807) is 25.1 Å². The van der Waals surface area contributed by atoms with Gasteiger partial charge in [-0.05, 0) is 68.8 Å². The Morgan fingerprint density at radius 2 is 1.79 bits per heavy atom. The number of hydrogen-bond donors (Lipinski definition) is 2. The summed E-state index contributed by atoms with van der Waals surface area (Å²) in [4.78, 5) is 27.9. The SMILES string of the molecule is CCOC(=O)CCCCCNC(=O)N1CCC2(CCN(C(=S)Nc3ccccc3F)CC2)C1. The molecule has 33 heavy (non-hydrogen) atoms. The standard InChI is InChI=1S/C24H35FN4O3S/c1-2-32-21(30)10-4-3-7-14-26-22(31)29-17-13-24(18-29)11-15-28(16-12-24)23(33)27-20-9-6-5-8-19(20)25/h5-6,8-9H,2-4,7,10-18H2,1H3,(H,26,31)(H,27,33). The van der Waals surface area contributed by atoms with Gasteiger partial charge in [0, 0.05) is 39.1 Å². The molecule has 2 amide bonds. The van der Waals surface area contributed by atoms with Gasteiger partial charge in [0.05, 0.1) is 12.3 Å². The van der Waals surface area contributed by atoms with E-state index in [0.717, 1.165) is 64.7 Å². The topological polar surface area (TPSA) is 73.9 Å². The summed E-state index contributed by atoms with van der Waals surface area (Å²) in [5.41, 5.74) is 0.536. The van der Waals surface area contributed by atoms with Gasteiger partial charge < -0.3 is 25.2 Å². The molecule has 0 aromatic heterocycles. The zero-order valence-electron chi connectivity index (χ0n) is 19.4. The third kappa shape index (κ3) is 7.28. The molecule has 0 bridgehead atoms. The molecule has 3 rings (SSSR count). The second-order valence-corrected chi connectivity index (χ2v) is 9.30. The fraction of sp³-hybridized carbons (Fsp3) is 0.625. The number of piperidine rings is 1. The lowest BCUT2D eigenvalue weighted by Gasteiger charge is -2.40. The molecule has 1 aromatic carbocycles. The summed E-state index contributed by atoms with van der Waals surface area (Å²) in [5.74, 6) is -0.469. The third-order valence-corrected chi connectivity index (χ3v) is 6.95. The van der Waals surface area contributed by atoms with Crippen molar-refractivity contribution < 1.29 is 18.7 Å². The van der Waals surface area contributed by atoms with Crippen LogP contribution in [0.3, 0.4) is 0 Å². The van der Waals surface area contributed by atoms with E-state index >= 15 is 0 Å². The molecule has 9 heteroatoms. The summed E-state index contributed by atoms with van der Waals surface area (Å²) in [7, 11) is 0. The average molecular weight is 479 g/mol. The van der Waals surface area contributed by atoms with Crippen LogP contribution in [-0.4, -0.2) is 66.2 Å². The lowest BCUT2D eigenvalue weighted by Crippen LogP contribution is -2.47. The monoisotopic (exact) mass is 478 g/mol. The number of halogens is 1. The Balaban J connectivity index is 1.34. The Hall–Kier alpha value is -2.42. The number of anilines is 1. The number of unbranched alkanes of at least 4 members (excludes halogenated alkanes) is 2. The molecule has 2 aliphatic heterocycles. The van der Waals surface area contributed by atoms with Crippen LogP contribution in [0.15, 0.2) is 24.3 Å². The number of likely N-dealkylation sites (tertiary alicyclic amines) is 2. The molecule has 0 atom stereocenters. The first kappa shape index (κ1) is 25.2. The number of nitrogens with zero attached hydrogens (tertiary/aromatic N) is 2. The predicted molar refractivity (Wildman–Crippen MR) is 131 cm³/mol. The number of esters is 1. The second kappa shape index (κ2) is 12.2. The van der Waals surface area contributed by atoms with Gasteiger partial charge in [0.2, 0.25) is 0 Å². The average Bonchev–Trinajstić information content (AvgIpc) is 3.21. The van der Waals surface area contributed by atoms with E-state index < -0.39 is 0 Å². The van der Waals surface area contributed by atoms with Gasteiger partial charge in [0.1, 0.15) is 5.82 Å². The number of urea groups is 1. The number of thiocarbonyl (C=S) groups is 1. The molecule has 2 aliphatic rings. The normalized spacial score (nSPS) is 17.2. The van der Waals surface area contributed by atoms with Gasteiger partial charge in [-0.15, -0.1) is 0 Å². The minimum atomic E-state index is -0.315. The highest BCUT2D eigenvalue weighted by Gasteiger charge is 2.42. The van der Waals surface area contributed by atoms with Crippen LogP contribution in [0.4, 0.5) is 14.9 Å². The Bertz CT molecular complexity index is 830. The number of ether oxygens (including phenoxy) is 1. The first-order chi connectivity index (χ1) is 15.9. The van der Waals surface area contributed by atoms with Crippen molar-refractivity contribution in [2.75, 3.05) is 44.6 Å². The zero-order valence-corrected chi connectivity index (χ0v) is 20.2. The molecule has 0 saturated carbocycles. The van der Waals surface area contributed by atoms with Crippen LogP contribution in [-0.2, 0) is 9.53 Å². The number of benzene rings is 1. The van der Waals surface area contributed by atoms with Crippen LogP contribution >= 0.6 is 12.2 Å². The van der Waals surface area contributed by atoms with Crippen molar-refractivity contribution in [1.29, 1.82) is 0 Å². The van der Waals surface area contributed by atoms with E-state index in [2.05, 4.69) is 15.5 Å². The fourth-order valence-electron chi connectivity index (χ4n) is 4.57. The summed E-state index contributed by atoms with van der Waals surface area (Å²) in [5, 5.41) is 6.58. The maximum absolute atomic E-state index is 13.9. The van der Waals surface area contributed by atoms with Gasteiger partial charge in [-0.1, -0.05) is 18.6 Å². The minimum Gasteiger partial charge on any atom is -0.466 e. The van der Waals surface area contributed by atoms with Gasteiger partial charge in [-0.2, -0.15) is 0 Å². The van der Waals surface area contributed by atoms with E-state index in [4.69, 9.17) is 17.0 Å². The van der Waals surface area contributed by atoms with E-state index in [-0.39, 0.29) is 23.2 Å². The molecule has 1 aromatic rings. The van der Waals surface area contributed by atoms with Gasteiger partial charge >= 0.3 is 12.0 Å². The highest BCUT2D eigenvalue weighted by Crippen LogP contribution is 2.40. The predicted octanol–water partition coefficient (Wildman–Crippen LogP) is 4.14. The first-order valence-corrected chi connectivity index (χ1v) is 12.3. The molecule has 7 nitrogen and oxygen atoms in total. The number of nitrogens with one attached hydrogen (secondary N) is 2. The summed E-state index contributed by atoms with van der Waals surface area (Å²) in [6.07, 6.45) is 5.89. The highest BCUT2D eigenvalue weighted by atomic mass is 32.1. The fourth-order valence-corrected chi connectivity index (χ4v) is 4.86. The van der Waals surface area contributed by atoms with E-state index in [9.17, 15) is 14.0 Å². The van der Waals surface area contributed by atoms with Gasteiger partial charge in [-0.3, -0.25) is 4.79 Å². The number of carbonyl (C=O) groups excluding carboxylic acids is 2. The molecule has 2 saturated heterocycles. The van der Waals surface area contributed by atoms with Crippen molar-refractivity contribution >= 4 is 35.0 Å². The summed E-state index contributed by atoms with van der Waals surface area (Å²) in [6.45, 7) is 5.98. The van der Waals surface area contributed by atoms with Crippen molar-refractivity contribution in [3.63, 3.8) is 0 Å². The van der Waals surface area contributed by atoms with Crippen molar-refractivity contribution in [3.05, 3.63) is 30.1 Å². The van der Waals surface area contributed by atoms with Gasteiger partial charge in [0.25, 0.3) is 0 Å². The molecule has 0 aliphatic carbocycles. The molecule has 2 fully saturated rings. The van der Waals surface area contributed by atoms with Crippen molar-refractivity contribution in [3.8, 4) is 0 Å². The van der Waals surface area contributed by atoms with Crippen molar-refractivity contribution in [1.82, 2.24) is 15.1 Å². The van der Waals surface area contributed by atoms with Crippen LogP contribution < -0.4 is 10.6 Å². The Morgan fingerprint density at radius 3 is 2.48 bits per heavy atom. The summed E-state index contributed by atoms with van der Waals surface area (Å²) >= 11 is 5.50.